The molecule has 1 aromatic heterocycles. The Morgan fingerprint density at radius 1 is 1.32 bits per heavy atom. The molecule has 0 saturated carbocycles. The van der Waals surface area contributed by atoms with E-state index in [0.717, 1.165) is 51.4 Å². The van der Waals surface area contributed by atoms with E-state index in [1.807, 2.05) is 0 Å². The van der Waals surface area contributed by atoms with Crippen molar-refractivity contribution in [3.63, 3.8) is 0 Å². The summed E-state index contributed by atoms with van der Waals surface area (Å²) in [4.78, 5) is 22.2. The van der Waals surface area contributed by atoms with Gasteiger partial charge >= 0.3 is 0 Å². The van der Waals surface area contributed by atoms with Crippen molar-refractivity contribution in [2.75, 3.05) is 33.2 Å². The van der Waals surface area contributed by atoms with Crippen LogP contribution in [0.1, 0.15) is 37.3 Å². The van der Waals surface area contributed by atoms with Crippen LogP contribution in [-0.2, 0) is 11.2 Å². The van der Waals surface area contributed by atoms with Gasteiger partial charge in [0.2, 0.25) is 5.91 Å². The molecule has 0 spiro atoms. The van der Waals surface area contributed by atoms with Crippen molar-refractivity contribution in [2.24, 2.45) is 10.9 Å². The van der Waals surface area contributed by atoms with Crippen LogP contribution >= 0.6 is 0 Å². The lowest BCUT2D eigenvalue weighted by Gasteiger charge is -2.34. The number of aryl methyl sites for hydroxylation is 1. The van der Waals surface area contributed by atoms with Crippen LogP contribution in [0.5, 0.6) is 0 Å². The first-order valence-electron chi connectivity index (χ1n) is 10.4. The second kappa shape index (κ2) is 9.62. The van der Waals surface area contributed by atoms with Gasteiger partial charge in [0.15, 0.2) is 5.96 Å². The highest BCUT2D eigenvalue weighted by molar-refractivity contribution is 5.86. The fourth-order valence-electron chi connectivity index (χ4n) is 3.99. The summed E-state index contributed by atoms with van der Waals surface area (Å²) in [5.41, 5.74) is 3.83. The Morgan fingerprint density at radius 2 is 2.11 bits per heavy atom. The number of hydrogen-bond donors (Lipinski definition) is 3. The van der Waals surface area contributed by atoms with Crippen LogP contribution < -0.4 is 10.6 Å². The van der Waals surface area contributed by atoms with Gasteiger partial charge in [-0.05, 0) is 50.2 Å². The summed E-state index contributed by atoms with van der Waals surface area (Å²) in [6.07, 6.45) is 5.76. The molecule has 28 heavy (non-hydrogen) atoms. The Balaban J connectivity index is 1.58. The summed E-state index contributed by atoms with van der Waals surface area (Å²) in [6, 6.07) is 6.43. The molecule has 0 radical (unpaired) electrons. The number of likely N-dealkylation sites (tertiary alicyclic amines) is 1. The van der Waals surface area contributed by atoms with E-state index in [4.69, 9.17) is 4.99 Å². The van der Waals surface area contributed by atoms with Crippen molar-refractivity contribution >= 4 is 22.8 Å². The molecule has 1 aliphatic heterocycles. The van der Waals surface area contributed by atoms with E-state index in [1.165, 1.54) is 22.0 Å². The number of carbonyl (C=O) groups excluding carboxylic acids is 1. The number of fused-ring (bicyclic) bond motifs is 1. The quantitative estimate of drug-likeness (QED) is 0.531. The highest BCUT2D eigenvalue weighted by atomic mass is 16.1. The number of rotatable bonds is 6. The van der Waals surface area contributed by atoms with E-state index < -0.39 is 0 Å². The number of aliphatic imine (C=N–C) groups is 1. The van der Waals surface area contributed by atoms with Gasteiger partial charge in [-0.3, -0.25) is 9.79 Å². The number of nitrogens with one attached hydrogen (secondary N) is 3. The highest BCUT2D eigenvalue weighted by Gasteiger charge is 2.23. The molecule has 0 aliphatic carbocycles. The number of hydrogen-bond acceptors (Lipinski definition) is 2. The molecule has 0 bridgehead atoms. The monoisotopic (exact) mass is 383 g/mol. The minimum absolute atomic E-state index is 0.146. The number of para-hydroxylation sites is 1. The predicted molar refractivity (Wildman–Crippen MR) is 116 cm³/mol. The van der Waals surface area contributed by atoms with Crippen LogP contribution in [0.2, 0.25) is 0 Å². The molecule has 6 heteroatoms. The Kier molecular flexibility index (Phi) is 6.95. The minimum atomic E-state index is 0.146. The largest absolute Gasteiger partial charge is 0.361 e. The zero-order chi connectivity index (χ0) is 19.9. The van der Waals surface area contributed by atoms with Crippen molar-refractivity contribution in [1.82, 2.24) is 20.5 Å². The van der Waals surface area contributed by atoms with Crippen LogP contribution in [0, 0.1) is 12.8 Å². The molecule has 1 fully saturated rings. The van der Waals surface area contributed by atoms with E-state index in [0.29, 0.717) is 12.3 Å². The molecule has 2 aromatic rings. The maximum absolute atomic E-state index is 11.6. The van der Waals surface area contributed by atoms with Gasteiger partial charge in [0, 0.05) is 56.7 Å². The lowest BCUT2D eigenvalue weighted by molar-refractivity contribution is -0.121. The summed E-state index contributed by atoms with van der Waals surface area (Å²) < 4.78 is 0. The minimum Gasteiger partial charge on any atom is -0.361 e. The van der Waals surface area contributed by atoms with Crippen molar-refractivity contribution < 1.29 is 4.79 Å². The second-order valence-corrected chi connectivity index (χ2v) is 7.60. The van der Waals surface area contributed by atoms with Gasteiger partial charge in [0.25, 0.3) is 0 Å². The molecule has 2 heterocycles. The van der Waals surface area contributed by atoms with Crippen molar-refractivity contribution in [2.45, 2.75) is 39.5 Å². The third-order valence-electron chi connectivity index (χ3n) is 5.65. The summed E-state index contributed by atoms with van der Waals surface area (Å²) in [5.74, 6) is 1.62. The average Bonchev–Trinajstić information content (AvgIpc) is 3.12. The van der Waals surface area contributed by atoms with E-state index in [2.05, 4.69) is 58.8 Å². The van der Waals surface area contributed by atoms with Crippen molar-refractivity contribution in [3.8, 4) is 0 Å². The number of nitrogens with zero attached hydrogens (tertiary/aromatic N) is 2. The smallest absolute Gasteiger partial charge is 0.220 e. The number of amides is 1. The van der Waals surface area contributed by atoms with Gasteiger partial charge < -0.3 is 20.5 Å². The molecule has 6 nitrogen and oxygen atoms in total. The van der Waals surface area contributed by atoms with Gasteiger partial charge in [0.1, 0.15) is 0 Å². The SMILES string of the molecule is CCNC(=NCCc1c[nH]c2c(C)cccc12)N1CCC(CC(=O)NC)CC1. The Labute approximate surface area is 167 Å². The average molecular weight is 384 g/mol. The zero-order valence-corrected chi connectivity index (χ0v) is 17.3. The van der Waals surface area contributed by atoms with Gasteiger partial charge in [-0.1, -0.05) is 18.2 Å². The fourth-order valence-corrected chi connectivity index (χ4v) is 3.99. The molecule has 1 amide bonds. The third kappa shape index (κ3) is 4.86. The number of benzene rings is 1. The molecular weight excluding hydrogens is 350 g/mol. The van der Waals surface area contributed by atoms with Crippen molar-refractivity contribution in [3.05, 3.63) is 35.5 Å². The maximum atomic E-state index is 11.6. The van der Waals surface area contributed by atoms with E-state index in [9.17, 15) is 4.79 Å². The fraction of sp³-hybridized carbons (Fsp3) is 0.545. The van der Waals surface area contributed by atoms with Gasteiger partial charge in [-0.2, -0.15) is 0 Å². The molecule has 1 saturated heterocycles. The molecule has 3 N–H and O–H groups in total. The molecule has 1 aromatic carbocycles. The highest BCUT2D eigenvalue weighted by Crippen LogP contribution is 2.22. The number of H-pyrrole nitrogens is 1. The molecule has 3 rings (SSSR count). The molecule has 0 unspecified atom stereocenters. The van der Waals surface area contributed by atoms with Crippen LogP contribution in [0.15, 0.2) is 29.4 Å². The van der Waals surface area contributed by atoms with Crippen LogP contribution in [0.4, 0.5) is 0 Å². The maximum Gasteiger partial charge on any atom is 0.220 e. The lowest BCUT2D eigenvalue weighted by atomic mass is 9.93. The molecule has 1 aliphatic rings. The predicted octanol–water partition coefficient (Wildman–Crippen LogP) is 2.83. The molecular formula is C22H33N5O. The number of aromatic amines is 1. The standard InChI is InChI=1S/C22H33N5O/c1-4-24-22(27-12-9-17(10-13-27)14-20(28)23-3)25-11-8-18-15-26-21-16(2)6-5-7-19(18)21/h5-7,15,17,26H,4,8-14H2,1-3H3,(H,23,28)(H,24,25). The number of carbonyl (C=O) groups is 1. The molecule has 0 atom stereocenters. The third-order valence-corrected chi connectivity index (χ3v) is 5.65. The number of piperidine rings is 1. The Hall–Kier alpha value is -2.50. The van der Waals surface area contributed by atoms with Crippen LogP contribution in [0.3, 0.4) is 0 Å². The number of aromatic nitrogens is 1. The number of guanidine groups is 1. The summed E-state index contributed by atoms with van der Waals surface area (Å²) >= 11 is 0. The van der Waals surface area contributed by atoms with E-state index in [1.54, 1.807) is 7.05 Å². The zero-order valence-electron chi connectivity index (χ0n) is 17.3. The van der Waals surface area contributed by atoms with Gasteiger partial charge in [-0.25, -0.2) is 0 Å². The topological polar surface area (TPSA) is 72.5 Å². The second-order valence-electron chi connectivity index (χ2n) is 7.60. The lowest BCUT2D eigenvalue weighted by Crippen LogP contribution is -2.46. The summed E-state index contributed by atoms with van der Waals surface area (Å²) in [6.45, 7) is 7.79. The summed E-state index contributed by atoms with van der Waals surface area (Å²) in [7, 11) is 1.71. The van der Waals surface area contributed by atoms with Gasteiger partial charge in [0.05, 0.1) is 0 Å². The first kappa shape index (κ1) is 20.2. The first-order valence-corrected chi connectivity index (χ1v) is 10.4. The summed E-state index contributed by atoms with van der Waals surface area (Å²) in [5, 5.41) is 7.47. The normalized spacial score (nSPS) is 15.8. The van der Waals surface area contributed by atoms with Crippen LogP contribution in [-0.4, -0.2) is 55.0 Å². The van der Waals surface area contributed by atoms with E-state index in [-0.39, 0.29) is 5.91 Å². The van der Waals surface area contributed by atoms with Gasteiger partial charge in [-0.15, -0.1) is 0 Å². The Morgan fingerprint density at radius 3 is 2.82 bits per heavy atom. The van der Waals surface area contributed by atoms with Crippen LogP contribution in [0.25, 0.3) is 10.9 Å². The molecule has 152 valence electrons. The van der Waals surface area contributed by atoms with Crippen molar-refractivity contribution in [1.29, 1.82) is 0 Å². The van der Waals surface area contributed by atoms with E-state index >= 15 is 0 Å². The Bertz CT molecular complexity index is 817. The first-order chi connectivity index (χ1) is 13.6.